The molecule has 1 fully saturated rings. The second-order valence-electron chi connectivity index (χ2n) is 4.40. The molecule has 92 valence electrons. The van der Waals surface area contributed by atoms with E-state index in [1.165, 1.54) is 0 Å². The van der Waals surface area contributed by atoms with Crippen molar-refractivity contribution in [1.29, 1.82) is 0 Å². The third kappa shape index (κ3) is 2.38. The Labute approximate surface area is 110 Å². The van der Waals surface area contributed by atoms with Crippen molar-refractivity contribution < 1.29 is 4.79 Å². The highest BCUT2D eigenvalue weighted by atomic mass is 35.5. The molecule has 18 heavy (non-hydrogen) atoms. The molecule has 1 aromatic heterocycles. The number of rotatable bonds is 3. The van der Waals surface area contributed by atoms with Gasteiger partial charge >= 0.3 is 0 Å². The Hall–Kier alpha value is -1.81. The van der Waals surface area contributed by atoms with Crippen molar-refractivity contribution in [2.75, 3.05) is 0 Å². The molecular formula is C13H12ClN3O. The van der Waals surface area contributed by atoms with Gasteiger partial charge in [-0.1, -0.05) is 11.6 Å². The molecule has 1 aliphatic carbocycles. The van der Waals surface area contributed by atoms with Gasteiger partial charge in [-0.3, -0.25) is 4.79 Å². The van der Waals surface area contributed by atoms with E-state index in [1.54, 1.807) is 29.2 Å². The molecule has 0 bridgehead atoms. The Balaban J connectivity index is 1.79. The molecule has 0 unspecified atom stereocenters. The molecule has 0 atom stereocenters. The van der Waals surface area contributed by atoms with Gasteiger partial charge in [0.15, 0.2) is 0 Å². The summed E-state index contributed by atoms with van der Waals surface area (Å²) in [5.74, 6) is -0.0577. The molecule has 1 amide bonds. The fraction of sp³-hybridized carbons (Fsp3) is 0.231. The van der Waals surface area contributed by atoms with Crippen LogP contribution in [0, 0.1) is 0 Å². The number of carbonyl (C=O) groups excluding carboxylic acids is 1. The number of hydrogen-bond donors (Lipinski definition) is 1. The summed E-state index contributed by atoms with van der Waals surface area (Å²) < 4.78 is 1.66. The maximum absolute atomic E-state index is 11.8. The predicted octanol–water partition coefficient (Wildman–Crippen LogP) is 2.42. The molecule has 1 heterocycles. The van der Waals surface area contributed by atoms with Gasteiger partial charge in [-0.2, -0.15) is 5.10 Å². The van der Waals surface area contributed by atoms with Gasteiger partial charge in [-0.05, 0) is 37.1 Å². The molecular weight excluding hydrogens is 250 g/mol. The Morgan fingerprint density at radius 1 is 1.33 bits per heavy atom. The van der Waals surface area contributed by atoms with Crippen LogP contribution in [0.3, 0.4) is 0 Å². The van der Waals surface area contributed by atoms with Gasteiger partial charge in [-0.15, -0.1) is 0 Å². The molecule has 0 radical (unpaired) electrons. The van der Waals surface area contributed by atoms with E-state index >= 15 is 0 Å². The fourth-order valence-electron chi connectivity index (χ4n) is 1.67. The number of nitrogens with one attached hydrogen (secondary N) is 1. The van der Waals surface area contributed by atoms with Gasteiger partial charge < -0.3 is 5.32 Å². The first kappa shape index (κ1) is 11.3. The quantitative estimate of drug-likeness (QED) is 0.922. The summed E-state index contributed by atoms with van der Waals surface area (Å²) in [5.41, 5.74) is 1.46. The van der Waals surface area contributed by atoms with E-state index in [2.05, 4.69) is 10.4 Å². The van der Waals surface area contributed by atoms with Crippen LogP contribution < -0.4 is 5.32 Å². The molecule has 3 rings (SSSR count). The highest BCUT2D eigenvalue weighted by molar-refractivity contribution is 6.30. The largest absolute Gasteiger partial charge is 0.349 e. The van der Waals surface area contributed by atoms with Gasteiger partial charge in [0.05, 0.1) is 17.4 Å². The summed E-state index contributed by atoms with van der Waals surface area (Å²) in [6.45, 7) is 0. The van der Waals surface area contributed by atoms with E-state index in [-0.39, 0.29) is 5.91 Å². The van der Waals surface area contributed by atoms with Crippen LogP contribution in [0.5, 0.6) is 0 Å². The molecule has 0 spiro atoms. The minimum absolute atomic E-state index is 0.0577. The van der Waals surface area contributed by atoms with Crippen molar-refractivity contribution >= 4 is 17.5 Å². The lowest BCUT2D eigenvalue weighted by atomic mass is 10.3. The monoisotopic (exact) mass is 261 g/mol. The maximum Gasteiger partial charge on any atom is 0.254 e. The van der Waals surface area contributed by atoms with Crippen LogP contribution in [-0.2, 0) is 0 Å². The standard InChI is InChI=1S/C13H12ClN3O/c14-10-1-5-12(6-2-10)17-8-9(7-15-17)13(18)16-11-3-4-11/h1-2,5-8,11H,3-4H2,(H,16,18). The zero-order valence-corrected chi connectivity index (χ0v) is 10.4. The summed E-state index contributed by atoms with van der Waals surface area (Å²) in [4.78, 5) is 11.8. The first-order valence-electron chi connectivity index (χ1n) is 5.84. The van der Waals surface area contributed by atoms with Crippen molar-refractivity contribution in [2.45, 2.75) is 18.9 Å². The molecule has 1 N–H and O–H groups in total. The van der Waals surface area contributed by atoms with E-state index in [1.807, 2.05) is 12.1 Å². The van der Waals surface area contributed by atoms with Crippen LogP contribution in [0.15, 0.2) is 36.7 Å². The number of nitrogens with zero attached hydrogens (tertiary/aromatic N) is 2. The number of aromatic nitrogens is 2. The van der Waals surface area contributed by atoms with Crippen LogP contribution in [0.25, 0.3) is 5.69 Å². The Kier molecular flexibility index (Phi) is 2.80. The smallest absolute Gasteiger partial charge is 0.254 e. The van der Waals surface area contributed by atoms with E-state index < -0.39 is 0 Å². The number of halogens is 1. The first-order valence-corrected chi connectivity index (χ1v) is 6.21. The summed E-state index contributed by atoms with van der Waals surface area (Å²) in [6, 6.07) is 7.66. The maximum atomic E-state index is 11.8. The Morgan fingerprint density at radius 2 is 2.06 bits per heavy atom. The molecule has 5 heteroatoms. The lowest BCUT2D eigenvalue weighted by molar-refractivity contribution is 0.0951. The van der Waals surface area contributed by atoms with Gasteiger partial charge in [0.2, 0.25) is 0 Å². The number of carbonyl (C=O) groups is 1. The highest BCUT2D eigenvalue weighted by Gasteiger charge is 2.24. The van der Waals surface area contributed by atoms with Crippen molar-refractivity contribution in [3.8, 4) is 5.69 Å². The van der Waals surface area contributed by atoms with Crippen LogP contribution in [-0.4, -0.2) is 21.7 Å². The fourth-order valence-corrected chi connectivity index (χ4v) is 1.80. The lowest BCUT2D eigenvalue weighted by Crippen LogP contribution is -2.24. The van der Waals surface area contributed by atoms with Gasteiger partial charge in [0, 0.05) is 17.3 Å². The van der Waals surface area contributed by atoms with Gasteiger partial charge in [0.25, 0.3) is 5.91 Å². The normalized spacial score (nSPS) is 14.5. The third-order valence-corrected chi connectivity index (χ3v) is 3.10. The van der Waals surface area contributed by atoms with Crippen molar-refractivity contribution in [3.63, 3.8) is 0 Å². The zero-order valence-electron chi connectivity index (χ0n) is 9.64. The second-order valence-corrected chi connectivity index (χ2v) is 4.83. The number of benzene rings is 1. The average Bonchev–Trinajstić information content (AvgIpc) is 3.04. The van der Waals surface area contributed by atoms with Gasteiger partial charge in [-0.25, -0.2) is 4.68 Å². The Bertz CT molecular complexity index is 572. The van der Waals surface area contributed by atoms with E-state index in [4.69, 9.17) is 11.6 Å². The summed E-state index contributed by atoms with van der Waals surface area (Å²) in [7, 11) is 0. The van der Waals surface area contributed by atoms with Crippen LogP contribution in [0.1, 0.15) is 23.2 Å². The minimum atomic E-state index is -0.0577. The lowest BCUT2D eigenvalue weighted by Gasteiger charge is -2.01. The molecule has 4 nitrogen and oxygen atoms in total. The summed E-state index contributed by atoms with van der Waals surface area (Å²) >= 11 is 5.83. The highest BCUT2D eigenvalue weighted by Crippen LogP contribution is 2.19. The number of amides is 1. The molecule has 2 aromatic rings. The SMILES string of the molecule is O=C(NC1CC1)c1cnn(-c2ccc(Cl)cc2)c1. The summed E-state index contributed by atoms with van der Waals surface area (Å²) in [6.07, 6.45) is 5.46. The van der Waals surface area contributed by atoms with Crippen LogP contribution in [0.4, 0.5) is 0 Å². The first-order chi connectivity index (χ1) is 8.72. The number of hydrogen-bond acceptors (Lipinski definition) is 2. The van der Waals surface area contributed by atoms with E-state index in [0.717, 1.165) is 18.5 Å². The molecule has 1 aromatic carbocycles. The molecule has 1 aliphatic rings. The zero-order chi connectivity index (χ0) is 12.5. The average molecular weight is 262 g/mol. The van der Waals surface area contributed by atoms with Crippen molar-refractivity contribution in [2.24, 2.45) is 0 Å². The van der Waals surface area contributed by atoms with Gasteiger partial charge in [0.1, 0.15) is 0 Å². The van der Waals surface area contributed by atoms with E-state index in [0.29, 0.717) is 16.6 Å². The second kappa shape index (κ2) is 4.46. The van der Waals surface area contributed by atoms with Crippen LogP contribution in [0.2, 0.25) is 5.02 Å². The molecule has 0 saturated heterocycles. The summed E-state index contributed by atoms with van der Waals surface area (Å²) in [5, 5.41) is 7.79. The molecule has 0 aliphatic heterocycles. The Morgan fingerprint density at radius 3 is 2.72 bits per heavy atom. The van der Waals surface area contributed by atoms with Crippen molar-refractivity contribution in [3.05, 3.63) is 47.2 Å². The minimum Gasteiger partial charge on any atom is -0.349 e. The molecule has 1 saturated carbocycles. The van der Waals surface area contributed by atoms with E-state index in [9.17, 15) is 4.79 Å². The van der Waals surface area contributed by atoms with Crippen LogP contribution >= 0.6 is 11.6 Å². The third-order valence-electron chi connectivity index (χ3n) is 2.85. The topological polar surface area (TPSA) is 46.9 Å². The van der Waals surface area contributed by atoms with Crippen molar-refractivity contribution in [1.82, 2.24) is 15.1 Å². The predicted molar refractivity (Wildman–Crippen MR) is 69.1 cm³/mol.